The average molecular weight is 625 g/mol. The number of aromatic nitrogens is 1. The van der Waals surface area contributed by atoms with Crippen LogP contribution in [0.2, 0.25) is 5.02 Å². The Kier molecular flexibility index (Phi) is 8.22. The topological polar surface area (TPSA) is 82.9 Å². The number of fused-ring (bicyclic) bond motifs is 2. The van der Waals surface area contributed by atoms with E-state index in [0.717, 1.165) is 59.8 Å². The Labute approximate surface area is 258 Å². The first-order valence-electron chi connectivity index (χ1n) is 14.5. The highest BCUT2D eigenvalue weighted by Crippen LogP contribution is 2.54. The molecule has 1 aromatic heterocycles. The van der Waals surface area contributed by atoms with Crippen molar-refractivity contribution in [3.63, 3.8) is 0 Å². The average Bonchev–Trinajstić information content (AvgIpc) is 3.45. The molecule has 6 rings (SSSR count). The molecule has 8 nitrogen and oxygen atoms in total. The van der Waals surface area contributed by atoms with E-state index < -0.39 is 17.1 Å². The number of piperidine rings is 1. The van der Waals surface area contributed by atoms with Crippen LogP contribution < -0.4 is 14.7 Å². The number of hydrogen-bond acceptors (Lipinski definition) is 7. The fraction of sp³-hybridized carbons (Fsp3) is 0.419. The summed E-state index contributed by atoms with van der Waals surface area (Å²) in [7, 11) is 0. The van der Waals surface area contributed by atoms with E-state index in [1.807, 2.05) is 29.2 Å². The minimum atomic E-state index is -0.724. The maximum Gasteiger partial charge on any atom is 0.308 e. The number of benzene rings is 2. The molecule has 2 saturated heterocycles. The number of carbonyl (C=O) groups is 3. The predicted octanol–water partition coefficient (Wildman–Crippen LogP) is 5.22. The summed E-state index contributed by atoms with van der Waals surface area (Å²) in [6, 6.07) is 14.8. The van der Waals surface area contributed by atoms with E-state index in [2.05, 4.69) is 18.7 Å². The number of thioether (sulfide) groups is 1. The molecule has 0 spiro atoms. The molecule has 0 unspecified atom stereocenters. The Morgan fingerprint density at radius 3 is 2.24 bits per heavy atom. The lowest BCUT2D eigenvalue weighted by Gasteiger charge is -2.31. The number of nitrogens with zero attached hydrogens (tertiary/aromatic N) is 4. The van der Waals surface area contributed by atoms with Crippen LogP contribution in [0.15, 0.2) is 58.4 Å². The van der Waals surface area contributed by atoms with Gasteiger partial charge < -0.3 is 9.80 Å². The summed E-state index contributed by atoms with van der Waals surface area (Å²) in [5.41, 5.74) is 2.42. The van der Waals surface area contributed by atoms with Crippen molar-refractivity contribution in [1.29, 1.82) is 0 Å². The van der Waals surface area contributed by atoms with Gasteiger partial charge in [-0.15, -0.1) is 0 Å². The van der Waals surface area contributed by atoms with E-state index in [-0.39, 0.29) is 29.1 Å². The van der Waals surface area contributed by atoms with Crippen LogP contribution in [0, 0.1) is 5.92 Å². The molecule has 2 fully saturated rings. The van der Waals surface area contributed by atoms with Crippen molar-refractivity contribution in [2.75, 3.05) is 36.0 Å². The minimum Gasteiger partial charge on any atom is -0.372 e. The first-order chi connectivity index (χ1) is 20.3. The summed E-state index contributed by atoms with van der Waals surface area (Å²) in [5, 5.41) is 0.410. The van der Waals surface area contributed by atoms with Crippen molar-refractivity contribution in [2.45, 2.75) is 55.8 Å². The van der Waals surface area contributed by atoms with E-state index in [9.17, 15) is 19.2 Å². The van der Waals surface area contributed by atoms with E-state index >= 15 is 0 Å². The van der Waals surface area contributed by atoms with Crippen LogP contribution in [-0.4, -0.2) is 58.6 Å². The maximum atomic E-state index is 14.1. The molecule has 3 aliphatic rings. The molecule has 0 saturated carbocycles. The molecule has 0 aliphatic carbocycles. The molecule has 3 aromatic rings. The Balaban J connectivity index is 1.43. The fourth-order valence-electron chi connectivity index (χ4n) is 6.32. The van der Waals surface area contributed by atoms with Crippen molar-refractivity contribution in [3.05, 3.63) is 73.7 Å². The van der Waals surface area contributed by atoms with Crippen molar-refractivity contribution in [1.82, 2.24) is 9.47 Å². The standard InChI is InChI=1S/C31H33ClN4O4S2/c1-3-33(4-2)21-12-8-19(9-13-21)24-25-26(29(39)36(28(25)38)22-14-10-20(32)11-15-22)41-30-27(24)42-31(40)35(30)18-23(37)34-16-6-5-7-17-34/h8-15,24-26H,3-7,16-18H2,1-2H3/t24-,25-,26+/m0/s1. The van der Waals surface area contributed by atoms with Gasteiger partial charge in [-0.05, 0) is 75.1 Å². The smallest absolute Gasteiger partial charge is 0.308 e. The molecular formula is C31H33ClN4O4S2. The molecule has 0 N–H and O–H groups in total. The molecule has 3 aliphatic heterocycles. The van der Waals surface area contributed by atoms with E-state index in [4.69, 9.17) is 11.6 Å². The molecule has 42 heavy (non-hydrogen) atoms. The highest BCUT2D eigenvalue weighted by atomic mass is 35.5. The van der Waals surface area contributed by atoms with Crippen LogP contribution in [0.25, 0.3) is 0 Å². The highest BCUT2D eigenvalue weighted by molar-refractivity contribution is 8.00. The number of halogens is 1. The van der Waals surface area contributed by atoms with Gasteiger partial charge in [0.25, 0.3) is 0 Å². The third kappa shape index (κ3) is 5.07. The van der Waals surface area contributed by atoms with Crippen molar-refractivity contribution >= 4 is 63.8 Å². The second-order valence-corrected chi connectivity index (χ2v) is 13.4. The number of rotatable bonds is 7. The van der Waals surface area contributed by atoms with Gasteiger partial charge in [0.05, 0.1) is 16.6 Å². The summed E-state index contributed by atoms with van der Waals surface area (Å²) < 4.78 is 1.53. The first-order valence-corrected chi connectivity index (χ1v) is 16.6. The predicted molar refractivity (Wildman–Crippen MR) is 168 cm³/mol. The van der Waals surface area contributed by atoms with E-state index in [1.165, 1.54) is 21.2 Å². The number of likely N-dealkylation sites (tertiary alicyclic amines) is 1. The Morgan fingerprint density at radius 2 is 1.60 bits per heavy atom. The number of anilines is 2. The van der Waals surface area contributed by atoms with Crippen LogP contribution in [-0.2, 0) is 20.9 Å². The summed E-state index contributed by atoms with van der Waals surface area (Å²) >= 11 is 8.42. The van der Waals surface area contributed by atoms with Gasteiger partial charge in [0, 0.05) is 47.7 Å². The van der Waals surface area contributed by atoms with Gasteiger partial charge in [-0.3, -0.25) is 23.7 Å². The largest absolute Gasteiger partial charge is 0.372 e. The number of imide groups is 1. The monoisotopic (exact) mass is 624 g/mol. The first kappa shape index (κ1) is 29.0. The van der Waals surface area contributed by atoms with Gasteiger partial charge in [-0.2, -0.15) is 0 Å². The summed E-state index contributed by atoms with van der Waals surface area (Å²) in [6.07, 6.45) is 3.03. The number of hydrogen-bond donors (Lipinski definition) is 0. The van der Waals surface area contributed by atoms with Gasteiger partial charge in [0.1, 0.15) is 11.8 Å². The van der Waals surface area contributed by atoms with Gasteiger partial charge >= 0.3 is 4.87 Å². The number of thiazole rings is 1. The van der Waals surface area contributed by atoms with Crippen molar-refractivity contribution < 1.29 is 14.4 Å². The zero-order chi connectivity index (χ0) is 29.5. The molecule has 0 bridgehead atoms. The minimum absolute atomic E-state index is 0.0638. The van der Waals surface area contributed by atoms with Gasteiger partial charge in [0.2, 0.25) is 17.7 Å². The van der Waals surface area contributed by atoms with Crippen LogP contribution in [0.4, 0.5) is 11.4 Å². The second-order valence-electron chi connectivity index (χ2n) is 10.9. The third-order valence-electron chi connectivity index (χ3n) is 8.52. The summed E-state index contributed by atoms with van der Waals surface area (Å²) in [6.45, 7) is 7.27. The maximum absolute atomic E-state index is 14.1. The molecule has 0 radical (unpaired) electrons. The second kappa shape index (κ2) is 11.9. The van der Waals surface area contributed by atoms with Crippen LogP contribution >= 0.6 is 34.7 Å². The SMILES string of the molecule is CCN(CC)c1ccc([C@@H]2c3sc(=O)n(CC(=O)N4CCCCC4)c3S[C@H]3C(=O)N(c4ccc(Cl)cc4)C(=O)[C@@H]23)cc1. The van der Waals surface area contributed by atoms with Gasteiger partial charge in [-0.25, -0.2) is 4.90 Å². The van der Waals surface area contributed by atoms with Crippen molar-refractivity contribution in [3.8, 4) is 0 Å². The molecule has 3 amide bonds. The Bertz CT molecular complexity index is 1560. The highest BCUT2D eigenvalue weighted by Gasteiger charge is 2.56. The Morgan fingerprint density at radius 1 is 0.929 bits per heavy atom. The molecule has 4 heterocycles. The molecule has 3 atom stereocenters. The third-order valence-corrected chi connectivity index (χ3v) is 11.4. The lowest BCUT2D eigenvalue weighted by molar-refractivity contribution is -0.133. The molecule has 11 heteroatoms. The normalized spacial score (nSPS) is 21.8. The number of amides is 3. The number of carbonyl (C=O) groups excluding carboxylic acids is 3. The van der Waals surface area contributed by atoms with Crippen LogP contribution in [0.3, 0.4) is 0 Å². The van der Waals surface area contributed by atoms with Crippen LogP contribution in [0.1, 0.15) is 49.5 Å². The van der Waals surface area contributed by atoms with Gasteiger partial charge in [-0.1, -0.05) is 46.8 Å². The molecule has 220 valence electrons. The van der Waals surface area contributed by atoms with Crippen LogP contribution in [0.5, 0.6) is 0 Å². The van der Waals surface area contributed by atoms with Gasteiger partial charge in [0.15, 0.2) is 0 Å². The molecule has 2 aromatic carbocycles. The van der Waals surface area contributed by atoms with Crippen molar-refractivity contribution in [2.24, 2.45) is 5.92 Å². The molecular weight excluding hydrogens is 592 g/mol. The zero-order valence-electron chi connectivity index (χ0n) is 23.6. The summed E-state index contributed by atoms with van der Waals surface area (Å²) in [4.78, 5) is 60.5. The fourth-order valence-corrected chi connectivity index (χ4v) is 9.22. The van der Waals surface area contributed by atoms with E-state index in [1.54, 1.807) is 24.3 Å². The summed E-state index contributed by atoms with van der Waals surface area (Å²) in [5.74, 6) is -1.87. The zero-order valence-corrected chi connectivity index (χ0v) is 26.0. The quantitative estimate of drug-likeness (QED) is 0.336. The lowest BCUT2D eigenvalue weighted by atomic mass is 9.83. The lowest BCUT2D eigenvalue weighted by Crippen LogP contribution is -2.39. The Hall–Kier alpha value is -3.08. The van der Waals surface area contributed by atoms with E-state index in [0.29, 0.717) is 28.8 Å².